The van der Waals surface area contributed by atoms with Gasteiger partial charge in [0.15, 0.2) is 0 Å². The Labute approximate surface area is 279 Å². The molecule has 0 aliphatic carbocycles. The molecule has 0 atom stereocenters. The molecule has 0 spiro atoms. The zero-order chi connectivity index (χ0) is 32.0. The summed E-state index contributed by atoms with van der Waals surface area (Å²) < 4.78 is 0. The van der Waals surface area contributed by atoms with E-state index in [0.29, 0.717) is 0 Å². The van der Waals surface area contributed by atoms with Crippen LogP contribution in [0.15, 0.2) is 48.6 Å². The van der Waals surface area contributed by atoms with Crippen molar-refractivity contribution in [1.29, 1.82) is 0 Å². The van der Waals surface area contributed by atoms with Gasteiger partial charge in [-0.1, -0.05) is 178 Å². The lowest BCUT2D eigenvalue weighted by atomic mass is 9.90. The Morgan fingerprint density at radius 3 is 1.05 bits per heavy atom. The molecular weight excluding hydrogens is 530 g/mol. The molecule has 0 aliphatic rings. The van der Waals surface area contributed by atoms with Crippen LogP contribution in [0.25, 0.3) is 0 Å². The van der Waals surface area contributed by atoms with Crippen LogP contribution in [0.5, 0.6) is 0 Å². The second-order valence-corrected chi connectivity index (χ2v) is 13.9. The van der Waals surface area contributed by atoms with Crippen LogP contribution in [0.4, 0.5) is 0 Å². The highest BCUT2D eigenvalue weighted by Gasteiger charge is 2.09. The minimum Gasteiger partial charge on any atom is -0.309 e. The molecule has 0 bridgehead atoms. The van der Waals surface area contributed by atoms with Gasteiger partial charge < -0.3 is 4.90 Å². The van der Waals surface area contributed by atoms with Crippen LogP contribution in [0.2, 0.25) is 0 Å². The van der Waals surface area contributed by atoms with E-state index in [-0.39, 0.29) is 0 Å². The standard InChI is InChI=1S/C43H81N/c1-5-7-9-11-13-15-17-19-21-23-25-27-29-31-33-35-39-43(41-37-38-42-44(3)4)40-36-34-32-30-28-26-24-22-20-18-16-14-12-10-8-6-2/h13-16,19-22,43H,5-12,17-18,23-42H2,1-4H3. The average molecular weight is 612 g/mol. The van der Waals surface area contributed by atoms with Crippen LogP contribution in [0.1, 0.15) is 200 Å². The summed E-state index contributed by atoms with van der Waals surface area (Å²) in [6, 6.07) is 0. The molecule has 0 amide bonds. The van der Waals surface area contributed by atoms with Crippen LogP contribution in [-0.4, -0.2) is 25.5 Å². The minimum atomic E-state index is 0.980. The van der Waals surface area contributed by atoms with Crippen LogP contribution in [-0.2, 0) is 0 Å². The highest BCUT2D eigenvalue weighted by atomic mass is 15.0. The third-order valence-electron chi connectivity index (χ3n) is 9.09. The molecule has 0 saturated heterocycles. The number of nitrogens with zero attached hydrogens (tertiary/aromatic N) is 1. The largest absolute Gasteiger partial charge is 0.309 e. The molecule has 0 radical (unpaired) electrons. The SMILES string of the molecule is CCCCCC=CCC=CCCCCCCCCC(CCCCCCCCC=CCC=CCCCCC)CCCCN(C)C. The summed E-state index contributed by atoms with van der Waals surface area (Å²) >= 11 is 0. The number of hydrogen-bond donors (Lipinski definition) is 0. The first kappa shape index (κ1) is 42.9. The first-order valence-electron chi connectivity index (χ1n) is 19.9. The number of unbranched alkanes of at least 4 members (excludes halogenated alkanes) is 19. The maximum atomic E-state index is 2.41. The van der Waals surface area contributed by atoms with Crippen molar-refractivity contribution < 1.29 is 0 Å². The van der Waals surface area contributed by atoms with Crippen molar-refractivity contribution in [3.63, 3.8) is 0 Å². The molecule has 0 rings (SSSR count). The smallest absolute Gasteiger partial charge is 0.00248 e. The van der Waals surface area contributed by atoms with Gasteiger partial charge in [0.25, 0.3) is 0 Å². The van der Waals surface area contributed by atoms with Gasteiger partial charge in [-0.3, -0.25) is 0 Å². The van der Waals surface area contributed by atoms with Crippen molar-refractivity contribution in [1.82, 2.24) is 4.90 Å². The summed E-state index contributed by atoms with van der Waals surface area (Å²) in [5, 5.41) is 0. The summed E-state index contributed by atoms with van der Waals surface area (Å²) in [5.41, 5.74) is 0. The van der Waals surface area contributed by atoms with Crippen LogP contribution in [0.3, 0.4) is 0 Å². The molecule has 0 saturated carbocycles. The quantitative estimate of drug-likeness (QED) is 0.0509. The summed E-state index contributed by atoms with van der Waals surface area (Å²) in [6.45, 7) is 5.80. The highest BCUT2D eigenvalue weighted by molar-refractivity contribution is 4.93. The van der Waals surface area contributed by atoms with Gasteiger partial charge in [0.2, 0.25) is 0 Å². The Morgan fingerprint density at radius 2 is 0.682 bits per heavy atom. The van der Waals surface area contributed by atoms with Gasteiger partial charge in [-0.2, -0.15) is 0 Å². The van der Waals surface area contributed by atoms with Gasteiger partial charge in [-0.05, 0) is 97.2 Å². The van der Waals surface area contributed by atoms with E-state index in [1.807, 2.05) is 0 Å². The molecule has 0 N–H and O–H groups in total. The minimum absolute atomic E-state index is 0.980. The van der Waals surface area contributed by atoms with Gasteiger partial charge in [-0.15, -0.1) is 0 Å². The summed E-state index contributed by atoms with van der Waals surface area (Å²) in [7, 11) is 4.43. The van der Waals surface area contributed by atoms with Crippen molar-refractivity contribution in [2.24, 2.45) is 5.92 Å². The maximum absolute atomic E-state index is 2.41. The van der Waals surface area contributed by atoms with Crippen molar-refractivity contribution >= 4 is 0 Å². The van der Waals surface area contributed by atoms with Crippen LogP contribution < -0.4 is 0 Å². The molecular formula is C43H81N. The van der Waals surface area contributed by atoms with E-state index in [0.717, 1.165) is 18.8 Å². The van der Waals surface area contributed by atoms with Gasteiger partial charge in [0.1, 0.15) is 0 Å². The molecule has 0 unspecified atom stereocenters. The van der Waals surface area contributed by atoms with E-state index >= 15 is 0 Å². The number of hydrogen-bond acceptors (Lipinski definition) is 1. The first-order valence-corrected chi connectivity index (χ1v) is 19.9. The van der Waals surface area contributed by atoms with Gasteiger partial charge >= 0.3 is 0 Å². The Kier molecular flexibility index (Phi) is 37.2. The van der Waals surface area contributed by atoms with Crippen molar-refractivity contribution in [3.05, 3.63) is 48.6 Å². The molecule has 0 aromatic rings. The van der Waals surface area contributed by atoms with Crippen molar-refractivity contribution in [2.45, 2.75) is 200 Å². The Morgan fingerprint density at radius 1 is 0.364 bits per heavy atom. The number of rotatable bonds is 35. The fourth-order valence-corrected chi connectivity index (χ4v) is 6.14. The van der Waals surface area contributed by atoms with E-state index in [9.17, 15) is 0 Å². The molecule has 1 nitrogen and oxygen atoms in total. The predicted octanol–water partition coefficient (Wildman–Crippen LogP) is 14.7. The molecule has 44 heavy (non-hydrogen) atoms. The molecule has 0 fully saturated rings. The van der Waals surface area contributed by atoms with Crippen molar-refractivity contribution in [3.8, 4) is 0 Å². The van der Waals surface area contributed by atoms with E-state index in [2.05, 4.69) is 81.5 Å². The summed E-state index contributed by atoms with van der Waals surface area (Å²) in [5.74, 6) is 0.980. The molecule has 0 aliphatic heterocycles. The summed E-state index contributed by atoms with van der Waals surface area (Å²) in [4.78, 5) is 2.35. The first-order chi connectivity index (χ1) is 21.7. The zero-order valence-corrected chi connectivity index (χ0v) is 30.9. The van der Waals surface area contributed by atoms with Gasteiger partial charge in [0, 0.05) is 0 Å². The van der Waals surface area contributed by atoms with E-state index in [1.54, 1.807) is 0 Å². The normalized spacial score (nSPS) is 13.2. The van der Waals surface area contributed by atoms with Crippen molar-refractivity contribution in [2.75, 3.05) is 20.6 Å². The highest BCUT2D eigenvalue weighted by Crippen LogP contribution is 2.24. The van der Waals surface area contributed by atoms with E-state index in [1.165, 1.54) is 180 Å². The fraction of sp³-hybridized carbons (Fsp3) is 0.814. The Bertz CT molecular complexity index is 591. The van der Waals surface area contributed by atoms with Crippen LogP contribution >= 0.6 is 0 Å². The summed E-state index contributed by atoms with van der Waals surface area (Å²) in [6.07, 6.45) is 58.8. The van der Waals surface area contributed by atoms with Gasteiger partial charge in [0.05, 0.1) is 0 Å². The lowest BCUT2D eigenvalue weighted by molar-refractivity contribution is 0.344. The fourth-order valence-electron chi connectivity index (χ4n) is 6.14. The average Bonchev–Trinajstić information content (AvgIpc) is 3.02. The third-order valence-corrected chi connectivity index (χ3v) is 9.09. The van der Waals surface area contributed by atoms with Gasteiger partial charge in [-0.25, -0.2) is 0 Å². The predicted molar refractivity (Wildman–Crippen MR) is 204 cm³/mol. The Balaban J connectivity index is 3.83. The maximum Gasteiger partial charge on any atom is -0.00248 e. The monoisotopic (exact) mass is 612 g/mol. The second kappa shape index (κ2) is 38.1. The topological polar surface area (TPSA) is 3.24 Å². The van der Waals surface area contributed by atoms with Crippen LogP contribution in [0, 0.1) is 5.92 Å². The second-order valence-electron chi connectivity index (χ2n) is 13.9. The Hall–Kier alpha value is -1.08. The molecule has 258 valence electrons. The lowest BCUT2D eigenvalue weighted by Gasteiger charge is -2.18. The van der Waals surface area contributed by atoms with E-state index < -0.39 is 0 Å². The third kappa shape index (κ3) is 37.1. The number of allylic oxidation sites excluding steroid dienone is 8. The lowest BCUT2D eigenvalue weighted by Crippen LogP contribution is -2.13. The zero-order valence-electron chi connectivity index (χ0n) is 30.9. The molecule has 0 aromatic heterocycles. The van der Waals surface area contributed by atoms with E-state index in [4.69, 9.17) is 0 Å². The molecule has 0 heterocycles. The molecule has 0 aromatic carbocycles. The molecule has 1 heteroatoms.